The summed E-state index contributed by atoms with van der Waals surface area (Å²) in [7, 11) is 0. The molecule has 0 saturated carbocycles. The van der Waals surface area contributed by atoms with E-state index in [1.165, 1.54) is 0 Å². The van der Waals surface area contributed by atoms with Gasteiger partial charge in [-0.25, -0.2) is 8.78 Å². The SMILES string of the molecule is CC1(C)CC(=O)C=C(C(F)F)O1. The molecule has 0 aliphatic carbocycles. The zero-order valence-corrected chi connectivity index (χ0v) is 6.93. The molecule has 1 rings (SSSR count). The van der Waals surface area contributed by atoms with Crippen LogP contribution in [0.15, 0.2) is 11.8 Å². The van der Waals surface area contributed by atoms with Gasteiger partial charge in [-0.3, -0.25) is 4.79 Å². The lowest BCUT2D eigenvalue weighted by Crippen LogP contribution is -2.32. The third-order valence-electron chi connectivity index (χ3n) is 1.51. The van der Waals surface area contributed by atoms with E-state index in [1.54, 1.807) is 13.8 Å². The van der Waals surface area contributed by atoms with Crippen molar-refractivity contribution in [1.29, 1.82) is 0 Å². The van der Waals surface area contributed by atoms with Crippen molar-refractivity contribution >= 4 is 5.78 Å². The van der Waals surface area contributed by atoms with Crippen LogP contribution in [0.1, 0.15) is 20.3 Å². The molecule has 0 fully saturated rings. The number of hydrogen-bond acceptors (Lipinski definition) is 2. The molecule has 0 aromatic carbocycles. The van der Waals surface area contributed by atoms with Gasteiger partial charge in [0.1, 0.15) is 5.60 Å². The molecule has 12 heavy (non-hydrogen) atoms. The fraction of sp³-hybridized carbons (Fsp3) is 0.625. The molecule has 1 aliphatic rings. The first-order chi connectivity index (χ1) is 5.41. The maximum absolute atomic E-state index is 12.1. The smallest absolute Gasteiger partial charge is 0.294 e. The maximum Gasteiger partial charge on any atom is 0.294 e. The van der Waals surface area contributed by atoms with Crippen LogP contribution in [0.4, 0.5) is 8.78 Å². The van der Waals surface area contributed by atoms with Crippen molar-refractivity contribution in [2.75, 3.05) is 0 Å². The first-order valence-corrected chi connectivity index (χ1v) is 3.62. The summed E-state index contributed by atoms with van der Waals surface area (Å²) in [6.45, 7) is 3.22. The lowest BCUT2D eigenvalue weighted by Gasteiger charge is -2.29. The van der Waals surface area contributed by atoms with Gasteiger partial charge in [-0.1, -0.05) is 0 Å². The van der Waals surface area contributed by atoms with Crippen LogP contribution < -0.4 is 0 Å². The second-order valence-electron chi connectivity index (χ2n) is 3.35. The third kappa shape index (κ3) is 2.03. The number of halogens is 2. The summed E-state index contributed by atoms with van der Waals surface area (Å²) < 4.78 is 29.1. The van der Waals surface area contributed by atoms with Gasteiger partial charge in [-0.2, -0.15) is 0 Å². The van der Waals surface area contributed by atoms with Crippen molar-refractivity contribution in [2.24, 2.45) is 0 Å². The Morgan fingerprint density at radius 3 is 2.58 bits per heavy atom. The average molecular weight is 176 g/mol. The molecular formula is C8H10F2O2. The van der Waals surface area contributed by atoms with E-state index in [0.717, 1.165) is 6.08 Å². The molecular weight excluding hydrogens is 166 g/mol. The normalized spacial score (nSPS) is 22.1. The average Bonchev–Trinajstić information content (AvgIpc) is 1.82. The maximum atomic E-state index is 12.1. The molecule has 0 aromatic heterocycles. The molecule has 0 N–H and O–H groups in total. The van der Waals surface area contributed by atoms with Gasteiger partial charge in [0, 0.05) is 12.5 Å². The van der Waals surface area contributed by atoms with Crippen LogP contribution in [0.5, 0.6) is 0 Å². The van der Waals surface area contributed by atoms with Gasteiger partial charge in [0.25, 0.3) is 6.43 Å². The monoisotopic (exact) mass is 176 g/mol. The largest absolute Gasteiger partial charge is 0.486 e. The predicted octanol–water partition coefficient (Wildman–Crippen LogP) is 1.90. The van der Waals surface area contributed by atoms with Crippen LogP contribution in [0.25, 0.3) is 0 Å². The first-order valence-electron chi connectivity index (χ1n) is 3.62. The Kier molecular flexibility index (Phi) is 2.17. The number of carbonyl (C=O) groups is 1. The molecule has 1 heterocycles. The summed E-state index contributed by atoms with van der Waals surface area (Å²) in [5.41, 5.74) is -0.794. The lowest BCUT2D eigenvalue weighted by molar-refractivity contribution is -0.123. The summed E-state index contributed by atoms with van der Waals surface area (Å²) in [5.74, 6) is -0.821. The molecule has 0 atom stereocenters. The Balaban J connectivity index is 2.84. The highest BCUT2D eigenvalue weighted by atomic mass is 19.3. The summed E-state index contributed by atoms with van der Waals surface area (Å²) in [4.78, 5) is 10.9. The van der Waals surface area contributed by atoms with Crippen LogP contribution in [0, 0.1) is 0 Å². The molecule has 4 heteroatoms. The van der Waals surface area contributed by atoms with E-state index in [0.29, 0.717) is 0 Å². The molecule has 0 bridgehead atoms. The predicted molar refractivity (Wildman–Crippen MR) is 38.9 cm³/mol. The molecule has 0 aromatic rings. The molecule has 1 aliphatic heterocycles. The summed E-state index contributed by atoms with van der Waals surface area (Å²) >= 11 is 0. The number of rotatable bonds is 1. The minimum absolute atomic E-state index is 0.156. The fourth-order valence-corrected chi connectivity index (χ4v) is 1.12. The van der Waals surface area contributed by atoms with Crippen molar-refractivity contribution in [3.63, 3.8) is 0 Å². The first kappa shape index (κ1) is 9.16. The zero-order chi connectivity index (χ0) is 9.35. The van der Waals surface area contributed by atoms with Crippen LogP contribution in [-0.4, -0.2) is 17.8 Å². The van der Waals surface area contributed by atoms with E-state index in [4.69, 9.17) is 4.74 Å². The molecule has 2 nitrogen and oxygen atoms in total. The van der Waals surface area contributed by atoms with E-state index in [1.807, 2.05) is 0 Å². The van der Waals surface area contributed by atoms with Gasteiger partial charge in [0.2, 0.25) is 0 Å². The van der Waals surface area contributed by atoms with Crippen molar-refractivity contribution in [3.05, 3.63) is 11.8 Å². The third-order valence-corrected chi connectivity index (χ3v) is 1.51. The van der Waals surface area contributed by atoms with Gasteiger partial charge in [-0.05, 0) is 13.8 Å². The number of ether oxygens (including phenoxy) is 1. The highest BCUT2D eigenvalue weighted by Gasteiger charge is 2.32. The molecule has 0 saturated heterocycles. The van der Waals surface area contributed by atoms with Crippen LogP contribution in [0.2, 0.25) is 0 Å². The molecule has 0 spiro atoms. The van der Waals surface area contributed by atoms with Gasteiger partial charge in [0.15, 0.2) is 11.5 Å². The van der Waals surface area contributed by atoms with Gasteiger partial charge in [-0.15, -0.1) is 0 Å². The Morgan fingerprint density at radius 1 is 1.58 bits per heavy atom. The lowest BCUT2D eigenvalue weighted by atomic mass is 9.98. The van der Waals surface area contributed by atoms with E-state index < -0.39 is 17.8 Å². The minimum atomic E-state index is -2.70. The van der Waals surface area contributed by atoms with E-state index in [-0.39, 0.29) is 12.2 Å². The Bertz CT molecular complexity index is 231. The number of carbonyl (C=O) groups excluding carboxylic acids is 1. The second-order valence-corrected chi connectivity index (χ2v) is 3.35. The number of hydrogen-bond donors (Lipinski definition) is 0. The van der Waals surface area contributed by atoms with Gasteiger partial charge < -0.3 is 4.74 Å². The summed E-state index contributed by atoms with van der Waals surface area (Å²) in [6, 6.07) is 0. The van der Waals surface area contributed by atoms with Crippen molar-refractivity contribution < 1.29 is 18.3 Å². The van der Waals surface area contributed by atoms with E-state index in [2.05, 4.69) is 0 Å². The summed E-state index contributed by atoms with van der Waals surface area (Å²) in [6.07, 6.45) is -1.67. The molecule has 0 radical (unpaired) electrons. The molecule has 68 valence electrons. The summed E-state index contributed by atoms with van der Waals surface area (Å²) in [5, 5.41) is 0. The molecule has 0 amide bonds. The fourth-order valence-electron chi connectivity index (χ4n) is 1.12. The van der Waals surface area contributed by atoms with Crippen LogP contribution >= 0.6 is 0 Å². The van der Waals surface area contributed by atoms with Crippen molar-refractivity contribution in [3.8, 4) is 0 Å². The standard InChI is InChI=1S/C8H10F2O2/c1-8(2)4-5(11)3-6(12-8)7(9)10/h3,7H,4H2,1-2H3. The van der Waals surface area contributed by atoms with Crippen molar-refractivity contribution in [2.45, 2.75) is 32.3 Å². The van der Waals surface area contributed by atoms with Gasteiger partial charge >= 0.3 is 0 Å². The second kappa shape index (κ2) is 2.84. The Hall–Kier alpha value is -0.930. The van der Waals surface area contributed by atoms with Crippen LogP contribution in [0.3, 0.4) is 0 Å². The quantitative estimate of drug-likeness (QED) is 0.610. The minimum Gasteiger partial charge on any atom is -0.486 e. The number of alkyl halides is 2. The number of allylic oxidation sites excluding steroid dienone is 2. The molecule has 0 unspecified atom stereocenters. The Morgan fingerprint density at radius 2 is 2.17 bits per heavy atom. The highest BCUT2D eigenvalue weighted by molar-refractivity contribution is 5.91. The van der Waals surface area contributed by atoms with Crippen LogP contribution in [-0.2, 0) is 9.53 Å². The zero-order valence-electron chi connectivity index (χ0n) is 6.93. The van der Waals surface area contributed by atoms with E-state index in [9.17, 15) is 13.6 Å². The van der Waals surface area contributed by atoms with Crippen molar-refractivity contribution in [1.82, 2.24) is 0 Å². The van der Waals surface area contributed by atoms with E-state index >= 15 is 0 Å². The number of ketones is 1. The highest BCUT2D eigenvalue weighted by Crippen LogP contribution is 2.27. The Labute approximate surface area is 69.2 Å². The topological polar surface area (TPSA) is 26.3 Å². The van der Waals surface area contributed by atoms with Gasteiger partial charge in [0.05, 0.1) is 0 Å².